The van der Waals surface area contributed by atoms with Crippen LogP contribution in [0, 0.1) is 12.3 Å². The van der Waals surface area contributed by atoms with Gasteiger partial charge in [0.1, 0.15) is 10.7 Å². The van der Waals surface area contributed by atoms with Crippen LogP contribution >= 0.6 is 11.3 Å². The van der Waals surface area contributed by atoms with Gasteiger partial charge in [-0.25, -0.2) is 4.98 Å². The lowest BCUT2D eigenvalue weighted by Crippen LogP contribution is -2.31. The lowest BCUT2D eigenvalue weighted by atomic mass is 10.3. The maximum absolute atomic E-state index is 11.9. The van der Waals surface area contributed by atoms with Crippen molar-refractivity contribution in [2.45, 2.75) is 25.8 Å². The molecule has 0 bridgehead atoms. The molecule has 3 N–H and O–H groups in total. The molecule has 1 aliphatic rings. The second kappa shape index (κ2) is 5.27. The average Bonchev–Trinajstić information content (AvgIpc) is 2.97. The highest BCUT2D eigenvalue weighted by Crippen LogP contribution is 2.30. The molecule has 0 aromatic carbocycles. The number of nitrogens with two attached hydrogens (primary N) is 1. The molecule has 1 aromatic heterocycles. The standard InChI is InChI=1S/C12H16N4OS/c1-3-8(2)14-11(17)9-10(13)15-12(18-9)16-6-4-5-7-16/h1,8H,4-7,13H2,2H3,(H,14,17). The Labute approximate surface area is 110 Å². The molecule has 1 atom stereocenters. The number of hydrogen-bond acceptors (Lipinski definition) is 5. The number of rotatable bonds is 3. The molecule has 96 valence electrons. The molecule has 0 saturated carbocycles. The molecule has 0 spiro atoms. The summed E-state index contributed by atoms with van der Waals surface area (Å²) in [7, 11) is 0. The van der Waals surface area contributed by atoms with Crippen LogP contribution in [-0.2, 0) is 0 Å². The zero-order valence-corrected chi connectivity index (χ0v) is 11.1. The van der Waals surface area contributed by atoms with E-state index in [1.165, 1.54) is 11.3 Å². The van der Waals surface area contributed by atoms with Crippen molar-refractivity contribution in [3.63, 3.8) is 0 Å². The van der Waals surface area contributed by atoms with E-state index in [0.29, 0.717) is 4.88 Å². The Morgan fingerprint density at radius 1 is 1.61 bits per heavy atom. The summed E-state index contributed by atoms with van der Waals surface area (Å²) in [6, 6.07) is -0.311. The summed E-state index contributed by atoms with van der Waals surface area (Å²) in [5.74, 6) is 2.48. The van der Waals surface area contributed by atoms with Crippen molar-refractivity contribution < 1.29 is 4.79 Å². The van der Waals surface area contributed by atoms with Gasteiger partial charge in [0.05, 0.1) is 6.04 Å². The predicted octanol–water partition coefficient (Wildman–Crippen LogP) is 1.08. The van der Waals surface area contributed by atoms with E-state index in [0.717, 1.165) is 31.1 Å². The predicted molar refractivity (Wildman–Crippen MR) is 73.7 cm³/mol. The molecule has 2 heterocycles. The molecule has 0 radical (unpaired) electrons. The highest BCUT2D eigenvalue weighted by Gasteiger charge is 2.21. The Hall–Kier alpha value is -1.74. The van der Waals surface area contributed by atoms with E-state index < -0.39 is 0 Å². The topological polar surface area (TPSA) is 71.2 Å². The van der Waals surface area contributed by atoms with Crippen LogP contribution in [0.1, 0.15) is 29.4 Å². The van der Waals surface area contributed by atoms with Gasteiger partial charge in [0.15, 0.2) is 5.13 Å². The van der Waals surface area contributed by atoms with E-state index >= 15 is 0 Å². The second-order valence-corrected chi connectivity index (χ2v) is 5.24. The summed E-state index contributed by atoms with van der Waals surface area (Å²) in [5, 5.41) is 3.51. The molecule has 6 heteroatoms. The fraction of sp³-hybridized carbons (Fsp3) is 0.500. The smallest absolute Gasteiger partial charge is 0.266 e. The molecule has 1 amide bonds. The van der Waals surface area contributed by atoms with E-state index in [4.69, 9.17) is 12.2 Å². The zero-order valence-electron chi connectivity index (χ0n) is 10.3. The molecule has 1 saturated heterocycles. The first-order valence-electron chi connectivity index (χ1n) is 5.90. The number of aromatic nitrogens is 1. The van der Waals surface area contributed by atoms with Crippen molar-refractivity contribution in [3.8, 4) is 12.3 Å². The van der Waals surface area contributed by atoms with Crippen LogP contribution in [0.15, 0.2) is 0 Å². The molecule has 2 rings (SSSR count). The molecule has 0 aliphatic carbocycles. The third kappa shape index (κ3) is 2.57. The quantitative estimate of drug-likeness (QED) is 0.801. The highest BCUT2D eigenvalue weighted by atomic mass is 32.1. The Morgan fingerprint density at radius 3 is 2.89 bits per heavy atom. The fourth-order valence-electron chi connectivity index (χ4n) is 1.83. The van der Waals surface area contributed by atoms with Crippen molar-refractivity contribution in [1.82, 2.24) is 10.3 Å². The number of carbonyl (C=O) groups is 1. The molecule has 18 heavy (non-hydrogen) atoms. The summed E-state index contributed by atoms with van der Waals surface area (Å²) in [5.41, 5.74) is 5.79. The Kier molecular flexibility index (Phi) is 3.72. The third-order valence-corrected chi connectivity index (χ3v) is 3.95. The van der Waals surface area contributed by atoms with Crippen molar-refractivity contribution >= 4 is 28.2 Å². The molecule has 1 aliphatic heterocycles. The first kappa shape index (κ1) is 12.7. The monoisotopic (exact) mass is 264 g/mol. The van der Waals surface area contributed by atoms with Gasteiger partial charge in [0.25, 0.3) is 5.91 Å². The SMILES string of the molecule is C#CC(C)NC(=O)c1sc(N2CCCC2)nc1N. The van der Waals surface area contributed by atoms with Gasteiger partial charge in [-0.1, -0.05) is 17.3 Å². The van der Waals surface area contributed by atoms with Crippen molar-refractivity contribution in [3.05, 3.63) is 4.88 Å². The van der Waals surface area contributed by atoms with Gasteiger partial charge in [-0.15, -0.1) is 6.42 Å². The first-order valence-corrected chi connectivity index (χ1v) is 6.71. The average molecular weight is 264 g/mol. The van der Waals surface area contributed by atoms with E-state index in [1.807, 2.05) is 0 Å². The van der Waals surface area contributed by atoms with Gasteiger partial charge in [-0.3, -0.25) is 4.79 Å². The van der Waals surface area contributed by atoms with Gasteiger partial charge in [0.2, 0.25) is 0 Å². The fourth-order valence-corrected chi connectivity index (χ4v) is 2.77. The minimum absolute atomic E-state index is 0.249. The number of anilines is 2. The van der Waals surface area contributed by atoms with Gasteiger partial charge < -0.3 is 16.0 Å². The number of terminal acetylenes is 1. The summed E-state index contributed by atoms with van der Waals surface area (Å²) < 4.78 is 0. The molecular weight excluding hydrogens is 248 g/mol. The summed E-state index contributed by atoms with van der Waals surface area (Å²) in [4.78, 5) is 18.8. The molecule has 1 fully saturated rings. The summed E-state index contributed by atoms with van der Waals surface area (Å²) >= 11 is 1.33. The van der Waals surface area contributed by atoms with Gasteiger partial charge in [-0.05, 0) is 19.8 Å². The highest BCUT2D eigenvalue weighted by molar-refractivity contribution is 7.18. The minimum Gasteiger partial charge on any atom is -0.382 e. The van der Waals surface area contributed by atoms with Crippen LogP contribution < -0.4 is 16.0 Å². The Bertz CT molecular complexity index is 485. The number of amides is 1. The maximum Gasteiger partial charge on any atom is 0.266 e. The van der Waals surface area contributed by atoms with E-state index in [2.05, 4.69) is 21.1 Å². The van der Waals surface area contributed by atoms with Crippen LogP contribution in [0.3, 0.4) is 0 Å². The van der Waals surface area contributed by atoms with E-state index in [-0.39, 0.29) is 17.8 Å². The number of nitrogens with one attached hydrogen (secondary N) is 1. The zero-order chi connectivity index (χ0) is 13.1. The van der Waals surface area contributed by atoms with Crippen LogP contribution in [-0.4, -0.2) is 30.0 Å². The van der Waals surface area contributed by atoms with Crippen molar-refractivity contribution in [2.24, 2.45) is 0 Å². The van der Waals surface area contributed by atoms with Gasteiger partial charge >= 0.3 is 0 Å². The molecule has 1 unspecified atom stereocenters. The van der Waals surface area contributed by atoms with Crippen LogP contribution in [0.2, 0.25) is 0 Å². The molecule has 5 nitrogen and oxygen atoms in total. The van der Waals surface area contributed by atoms with Gasteiger partial charge in [0, 0.05) is 13.1 Å². The minimum atomic E-state index is -0.311. The number of hydrogen-bond donors (Lipinski definition) is 2. The summed E-state index contributed by atoms with van der Waals surface area (Å²) in [6.45, 7) is 3.71. The number of thiazole rings is 1. The first-order chi connectivity index (χ1) is 8.61. The third-order valence-electron chi connectivity index (χ3n) is 2.82. The Balaban J connectivity index is 2.13. The van der Waals surface area contributed by atoms with Crippen molar-refractivity contribution in [2.75, 3.05) is 23.7 Å². The van der Waals surface area contributed by atoms with E-state index in [1.54, 1.807) is 6.92 Å². The largest absolute Gasteiger partial charge is 0.382 e. The Morgan fingerprint density at radius 2 is 2.28 bits per heavy atom. The van der Waals surface area contributed by atoms with E-state index in [9.17, 15) is 4.79 Å². The maximum atomic E-state index is 11.9. The van der Waals surface area contributed by atoms with Crippen molar-refractivity contribution in [1.29, 1.82) is 0 Å². The second-order valence-electron chi connectivity index (χ2n) is 4.27. The number of nitrogen functional groups attached to an aromatic ring is 1. The molecular formula is C12H16N4OS. The normalized spacial score (nSPS) is 16.3. The number of nitrogens with zero attached hydrogens (tertiary/aromatic N) is 2. The molecule has 1 aromatic rings. The lowest BCUT2D eigenvalue weighted by molar-refractivity contribution is 0.0953. The van der Waals surface area contributed by atoms with Crippen LogP contribution in [0.25, 0.3) is 0 Å². The number of carbonyl (C=O) groups excluding carboxylic acids is 1. The van der Waals surface area contributed by atoms with Crippen LogP contribution in [0.5, 0.6) is 0 Å². The summed E-state index contributed by atoms with van der Waals surface area (Å²) in [6.07, 6.45) is 7.55. The lowest BCUT2D eigenvalue weighted by Gasteiger charge is -2.11. The van der Waals surface area contributed by atoms with Crippen LogP contribution in [0.4, 0.5) is 10.9 Å². The van der Waals surface area contributed by atoms with Gasteiger partial charge in [-0.2, -0.15) is 0 Å².